The average molecular weight is 427 g/mol. The Labute approximate surface area is 176 Å². The van der Waals surface area contributed by atoms with Crippen LogP contribution in [0.5, 0.6) is 5.75 Å². The maximum Gasteiger partial charge on any atom is 0.230 e. The number of nitrogens with one attached hydrogen (secondary N) is 2. The van der Waals surface area contributed by atoms with Gasteiger partial charge in [0.05, 0.1) is 5.60 Å². The van der Waals surface area contributed by atoms with Gasteiger partial charge in [-0.15, -0.1) is 0 Å². The average Bonchev–Trinajstić information content (AvgIpc) is 2.96. The Bertz CT molecular complexity index is 708. The van der Waals surface area contributed by atoms with Crippen molar-refractivity contribution in [2.45, 2.75) is 64.5 Å². The van der Waals surface area contributed by atoms with E-state index in [-0.39, 0.29) is 36.1 Å². The number of imide groups is 1. The lowest BCUT2D eigenvalue weighted by Gasteiger charge is -2.19. The molecule has 0 aliphatic carbocycles. The summed E-state index contributed by atoms with van der Waals surface area (Å²) >= 11 is 1.61. The smallest absolute Gasteiger partial charge is 0.230 e. The molecule has 1 fully saturated rings. The van der Waals surface area contributed by atoms with Crippen LogP contribution in [0, 0.1) is 11.7 Å². The first-order valence-corrected chi connectivity index (χ1v) is 11.0. The summed E-state index contributed by atoms with van der Waals surface area (Å²) in [7, 11) is 0. The number of rotatable bonds is 12. The largest absolute Gasteiger partial charge is 0.488 e. The van der Waals surface area contributed by atoms with E-state index < -0.39 is 11.4 Å². The highest BCUT2D eigenvalue weighted by Crippen LogP contribution is 2.25. The van der Waals surface area contributed by atoms with Gasteiger partial charge in [0.1, 0.15) is 6.61 Å². The van der Waals surface area contributed by atoms with Crippen LogP contribution in [0.2, 0.25) is 0 Å². The van der Waals surface area contributed by atoms with E-state index in [1.807, 2.05) is 6.92 Å². The molecule has 2 rings (SSSR count). The van der Waals surface area contributed by atoms with E-state index in [1.165, 1.54) is 6.07 Å². The lowest BCUT2D eigenvalue weighted by atomic mass is 10.00. The summed E-state index contributed by atoms with van der Waals surface area (Å²) in [5.74, 6) is 0.157. The first kappa shape index (κ1) is 23.6. The van der Waals surface area contributed by atoms with Crippen molar-refractivity contribution in [1.29, 1.82) is 0 Å². The van der Waals surface area contributed by atoms with Crippen LogP contribution in [-0.2, 0) is 9.59 Å². The van der Waals surface area contributed by atoms with Crippen LogP contribution in [-0.4, -0.2) is 34.9 Å². The Morgan fingerprint density at radius 1 is 1.34 bits per heavy atom. The molecule has 0 radical (unpaired) electrons. The van der Waals surface area contributed by atoms with Crippen molar-refractivity contribution in [2.75, 3.05) is 12.4 Å². The van der Waals surface area contributed by atoms with Crippen molar-refractivity contribution in [3.63, 3.8) is 0 Å². The number of amides is 2. The molecule has 0 spiro atoms. The summed E-state index contributed by atoms with van der Waals surface area (Å²) < 4.78 is 22.7. The zero-order valence-electron chi connectivity index (χ0n) is 17.3. The number of unbranched alkanes of at least 4 members (excludes halogenated alkanes) is 2. The maximum atomic E-state index is 13.9. The molecule has 1 aliphatic heterocycles. The third-order valence-electron chi connectivity index (χ3n) is 4.66. The molecule has 1 aliphatic rings. The van der Waals surface area contributed by atoms with Crippen molar-refractivity contribution in [3.8, 4) is 5.75 Å². The van der Waals surface area contributed by atoms with Crippen molar-refractivity contribution in [2.24, 2.45) is 5.92 Å². The van der Waals surface area contributed by atoms with Gasteiger partial charge in [-0.1, -0.05) is 30.9 Å². The first-order valence-electron chi connectivity index (χ1n) is 10.0. The van der Waals surface area contributed by atoms with Crippen molar-refractivity contribution < 1.29 is 23.8 Å². The van der Waals surface area contributed by atoms with E-state index in [2.05, 4.69) is 10.0 Å². The molecule has 1 saturated heterocycles. The topological polar surface area (TPSA) is 87.7 Å². The number of halogens is 1. The van der Waals surface area contributed by atoms with Gasteiger partial charge in [-0.05, 0) is 51.3 Å². The summed E-state index contributed by atoms with van der Waals surface area (Å²) in [5.41, 5.74) is -0.124. The summed E-state index contributed by atoms with van der Waals surface area (Å²) in [6, 6.07) is 4.77. The molecule has 29 heavy (non-hydrogen) atoms. The predicted molar refractivity (Wildman–Crippen MR) is 112 cm³/mol. The van der Waals surface area contributed by atoms with E-state index in [0.717, 1.165) is 37.0 Å². The van der Waals surface area contributed by atoms with Gasteiger partial charge in [-0.2, -0.15) is 0 Å². The molecular weight excluding hydrogens is 395 g/mol. The Morgan fingerprint density at radius 2 is 2.10 bits per heavy atom. The number of aliphatic hydroxyl groups is 1. The van der Waals surface area contributed by atoms with Crippen LogP contribution in [0.25, 0.3) is 0 Å². The number of ether oxygens (including phenoxy) is 1. The lowest BCUT2D eigenvalue weighted by Crippen LogP contribution is -2.28. The molecule has 2 unspecified atom stereocenters. The standard InChI is InChI=1S/C21H31FN2O4S/c1-14(15-8-9-17(22)18(11-15)28-13-21(2,3)27)24-29-10-6-4-5-7-16-12-19(25)23-20(16)26/h8-9,11,14,16,24,27H,4-7,10,12-13H2,1-3H3,(H,23,25,26). The summed E-state index contributed by atoms with van der Waals surface area (Å²) in [5, 5.41) is 12.1. The van der Waals surface area contributed by atoms with Gasteiger partial charge >= 0.3 is 0 Å². The number of carbonyl (C=O) groups is 2. The first-order chi connectivity index (χ1) is 13.7. The minimum absolute atomic E-state index is 0.0123. The number of hydrogen-bond acceptors (Lipinski definition) is 6. The van der Waals surface area contributed by atoms with E-state index in [9.17, 15) is 19.1 Å². The van der Waals surface area contributed by atoms with Gasteiger partial charge in [0.15, 0.2) is 11.6 Å². The molecule has 1 heterocycles. The van der Waals surface area contributed by atoms with Crippen LogP contribution in [0.4, 0.5) is 4.39 Å². The quantitative estimate of drug-likeness (QED) is 0.269. The Kier molecular flexibility index (Phi) is 8.92. The fourth-order valence-electron chi connectivity index (χ4n) is 2.99. The monoisotopic (exact) mass is 426 g/mol. The molecule has 1 aromatic rings. The van der Waals surface area contributed by atoms with E-state index in [4.69, 9.17) is 4.74 Å². The normalized spacial score (nSPS) is 18.0. The van der Waals surface area contributed by atoms with Gasteiger partial charge in [-0.25, -0.2) is 4.39 Å². The Balaban J connectivity index is 1.65. The molecule has 8 heteroatoms. The molecule has 0 aromatic heterocycles. The van der Waals surface area contributed by atoms with Crippen molar-refractivity contribution >= 4 is 23.8 Å². The van der Waals surface area contributed by atoms with E-state index >= 15 is 0 Å². The zero-order chi connectivity index (χ0) is 21.4. The highest BCUT2D eigenvalue weighted by molar-refractivity contribution is 7.97. The molecule has 0 saturated carbocycles. The highest BCUT2D eigenvalue weighted by atomic mass is 32.2. The van der Waals surface area contributed by atoms with Gasteiger partial charge in [0.2, 0.25) is 11.8 Å². The third-order valence-corrected chi connectivity index (χ3v) is 5.67. The van der Waals surface area contributed by atoms with Crippen molar-refractivity contribution in [1.82, 2.24) is 10.0 Å². The molecule has 2 atom stereocenters. The minimum atomic E-state index is -1.03. The van der Waals surface area contributed by atoms with Crippen LogP contribution >= 0.6 is 11.9 Å². The highest BCUT2D eigenvalue weighted by Gasteiger charge is 2.29. The molecule has 6 nitrogen and oxygen atoms in total. The summed E-state index contributed by atoms with van der Waals surface area (Å²) in [6.07, 6.45) is 4.03. The number of benzene rings is 1. The molecule has 3 N–H and O–H groups in total. The van der Waals surface area contributed by atoms with Gasteiger partial charge < -0.3 is 9.84 Å². The Hall–Kier alpha value is -1.64. The lowest BCUT2D eigenvalue weighted by molar-refractivity contribution is -0.125. The number of hydrogen-bond donors (Lipinski definition) is 3. The molecule has 2 amide bonds. The Morgan fingerprint density at radius 3 is 2.76 bits per heavy atom. The van der Waals surface area contributed by atoms with E-state index in [0.29, 0.717) is 6.42 Å². The molecule has 0 bridgehead atoms. The van der Waals surface area contributed by atoms with Gasteiger partial charge in [-0.3, -0.25) is 19.6 Å². The van der Waals surface area contributed by atoms with Gasteiger partial charge in [0, 0.05) is 24.1 Å². The summed E-state index contributed by atoms with van der Waals surface area (Å²) in [6.45, 7) is 5.23. The van der Waals surface area contributed by atoms with Gasteiger partial charge in [0.25, 0.3) is 0 Å². The second kappa shape index (κ2) is 10.9. The molecular formula is C21H31FN2O4S. The van der Waals surface area contributed by atoms with Crippen LogP contribution < -0.4 is 14.8 Å². The SMILES string of the molecule is CC(NSCCCCCC1CC(=O)NC1=O)c1ccc(F)c(OCC(C)(C)O)c1. The summed E-state index contributed by atoms with van der Waals surface area (Å²) in [4.78, 5) is 22.7. The predicted octanol–water partition coefficient (Wildman–Crippen LogP) is 3.50. The second-order valence-corrected chi connectivity index (χ2v) is 9.07. The molecule has 162 valence electrons. The van der Waals surface area contributed by atoms with Crippen LogP contribution in [0.15, 0.2) is 18.2 Å². The fourth-order valence-corrected chi connectivity index (χ4v) is 3.84. The van der Waals surface area contributed by atoms with Crippen molar-refractivity contribution in [3.05, 3.63) is 29.6 Å². The fraction of sp³-hybridized carbons (Fsp3) is 0.619. The minimum Gasteiger partial charge on any atom is -0.488 e. The van der Waals surface area contributed by atoms with E-state index in [1.54, 1.807) is 37.9 Å². The molecule has 1 aromatic carbocycles. The maximum absolute atomic E-state index is 13.9. The zero-order valence-corrected chi connectivity index (χ0v) is 18.1. The second-order valence-electron chi connectivity index (χ2n) is 8.14. The third kappa shape index (κ3) is 8.32. The van der Waals surface area contributed by atoms with Crippen LogP contribution in [0.3, 0.4) is 0 Å². The number of carbonyl (C=O) groups excluding carboxylic acids is 2. The van der Waals surface area contributed by atoms with Crippen LogP contribution in [0.1, 0.15) is 64.5 Å².